The molecule has 0 unspecified atom stereocenters. The van der Waals surface area contributed by atoms with Gasteiger partial charge in [-0.05, 0) is 25.2 Å². The first-order chi connectivity index (χ1) is 12.2. The largest absolute Gasteiger partial charge is 0.351 e. The van der Waals surface area contributed by atoms with Gasteiger partial charge in [0.1, 0.15) is 0 Å². The van der Waals surface area contributed by atoms with E-state index in [-0.39, 0.29) is 5.69 Å². The molecule has 0 N–H and O–H groups in total. The molecule has 3 rings (SSSR count). The maximum absolute atomic E-state index is 13.0. The van der Waals surface area contributed by atoms with Crippen LogP contribution in [-0.2, 0) is 6.54 Å². The second kappa shape index (κ2) is 7.94. The Bertz CT molecular complexity index is 848. The number of hydrogen-bond acceptors (Lipinski definition) is 3. The SMILES string of the molecule is CCN(CC)CCn1c(-c2ccccc2)nn(-c2ccccc2)c1=O. The molecule has 0 radical (unpaired) electrons. The van der Waals surface area contributed by atoms with Crippen LogP contribution in [0.3, 0.4) is 0 Å². The van der Waals surface area contributed by atoms with Gasteiger partial charge in [-0.15, -0.1) is 5.10 Å². The fraction of sp³-hybridized carbons (Fsp3) is 0.300. The summed E-state index contributed by atoms with van der Waals surface area (Å²) >= 11 is 0. The van der Waals surface area contributed by atoms with Crippen molar-refractivity contribution >= 4 is 0 Å². The maximum Gasteiger partial charge on any atom is 0.351 e. The molecule has 1 heterocycles. The molecule has 2 aromatic carbocycles. The highest BCUT2D eigenvalue weighted by Crippen LogP contribution is 2.16. The zero-order valence-corrected chi connectivity index (χ0v) is 14.8. The fourth-order valence-electron chi connectivity index (χ4n) is 2.92. The zero-order valence-electron chi connectivity index (χ0n) is 14.8. The molecule has 0 aliphatic heterocycles. The van der Waals surface area contributed by atoms with Crippen LogP contribution in [0.1, 0.15) is 13.8 Å². The van der Waals surface area contributed by atoms with E-state index < -0.39 is 0 Å². The van der Waals surface area contributed by atoms with Crippen molar-refractivity contribution in [2.24, 2.45) is 0 Å². The average molecular weight is 336 g/mol. The number of rotatable bonds is 7. The number of para-hydroxylation sites is 1. The molecule has 0 spiro atoms. The van der Waals surface area contributed by atoms with Gasteiger partial charge >= 0.3 is 5.69 Å². The van der Waals surface area contributed by atoms with Gasteiger partial charge in [-0.3, -0.25) is 4.57 Å². The van der Waals surface area contributed by atoms with E-state index in [1.165, 1.54) is 4.68 Å². The third-order valence-electron chi connectivity index (χ3n) is 4.43. The highest BCUT2D eigenvalue weighted by Gasteiger charge is 2.16. The van der Waals surface area contributed by atoms with Gasteiger partial charge in [-0.25, -0.2) is 4.79 Å². The molecule has 3 aromatic rings. The molecular weight excluding hydrogens is 312 g/mol. The van der Waals surface area contributed by atoms with Crippen LogP contribution in [-0.4, -0.2) is 38.9 Å². The predicted molar refractivity (Wildman–Crippen MR) is 101 cm³/mol. The van der Waals surface area contributed by atoms with E-state index >= 15 is 0 Å². The first-order valence-electron chi connectivity index (χ1n) is 8.77. The van der Waals surface area contributed by atoms with Gasteiger partial charge in [-0.1, -0.05) is 62.4 Å². The Morgan fingerprint density at radius 3 is 2.12 bits per heavy atom. The van der Waals surface area contributed by atoms with E-state index in [9.17, 15) is 4.79 Å². The van der Waals surface area contributed by atoms with Crippen LogP contribution < -0.4 is 5.69 Å². The van der Waals surface area contributed by atoms with Crippen molar-refractivity contribution < 1.29 is 0 Å². The minimum absolute atomic E-state index is 0.0998. The van der Waals surface area contributed by atoms with Crippen molar-refractivity contribution in [3.05, 3.63) is 71.1 Å². The summed E-state index contributed by atoms with van der Waals surface area (Å²) in [5.74, 6) is 0.710. The van der Waals surface area contributed by atoms with Gasteiger partial charge in [0.2, 0.25) is 0 Å². The smallest absolute Gasteiger partial charge is 0.302 e. The van der Waals surface area contributed by atoms with Crippen molar-refractivity contribution in [3.63, 3.8) is 0 Å². The minimum Gasteiger partial charge on any atom is -0.302 e. The van der Waals surface area contributed by atoms with Crippen LogP contribution >= 0.6 is 0 Å². The third kappa shape index (κ3) is 3.72. The first kappa shape index (κ1) is 17.2. The van der Waals surface area contributed by atoms with Crippen LogP contribution in [0.5, 0.6) is 0 Å². The Morgan fingerprint density at radius 2 is 1.52 bits per heavy atom. The lowest BCUT2D eigenvalue weighted by molar-refractivity contribution is 0.289. The summed E-state index contributed by atoms with van der Waals surface area (Å²) in [4.78, 5) is 15.3. The van der Waals surface area contributed by atoms with Crippen molar-refractivity contribution in [2.45, 2.75) is 20.4 Å². The Hall–Kier alpha value is -2.66. The van der Waals surface area contributed by atoms with Crippen molar-refractivity contribution in [1.29, 1.82) is 0 Å². The summed E-state index contributed by atoms with van der Waals surface area (Å²) in [6, 6.07) is 19.5. The predicted octanol–water partition coefficient (Wildman–Crippen LogP) is 3.04. The maximum atomic E-state index is 13.0. The molecule has 5 heteroatoms. The second-order valence-corrected chi connectivity index (χ2v) is 5.90. The summed E-state index contributed by atoms with van der Waals surface area (Å²) in [6.07, 6.45) is 0. The number of likely N-dealkylation sites (N-methyl/N-ethyl adjacent to an activating group) is 1. The Morgan fingerprint density at radius 1 is 0.920 bits per heavy atom. The van der Waals surface area contributed by atoms with Crippen LogP contribution in [0.15, 0.2) is 65.5 Å². The fourth-order valence-corrected chi connectivity index (χ4v) is 2.92. The monoisotopic (exact) mass is 336 g/mol. The molecule has 0 atom stereocenters. The van der Waals surface area contributed by atoms with E-state index in [1.54, 1.807) is 4.57 Å². The highest BCUT2D eigenvalue weighted by atomic mass is 16.2. The van der Waals surface area contributed by atoms with Crippen molar-refractivity contribution in [3.8, 4) is 17.1 Å². The van der Waals surface area contributed by atoms with Crippen LogP contribution in [0.25, 0.3) is 17.1 Å². The molecule has 130 valence electrons. The van der Waals surface area contributed by atoms with Crippen LogP contribution in [0.2, 0.25) is 0 Å². The van der Waals surface area contributed by atoms with E-state index in [0.29, 0.717) is 12.4 Å². The van der Waals surface area contributed by atoms with Gasteiger partial charge in [-0.2, -0.15) is 4.68 Å². The van der Waals surface area contributed by atoms with Crippen molar-refractivity contribution in [2.75, 3.05) is 19.6 Å². The molecule has 0 saturated heterocycles. The molecule has 25 heavy (non-hydrogen) atoms. The van der Waals surface area contributed by atoms with E-state index in [1.807, 2.05) is 60.7 Å². The summed E-state index contributed by atoms with van der Waals surface area (Å²) in [5.41, 5.74) is 1.64. The Labute approximate surface area is 148 Å². The molecule has 0 fully saturated rings. The lowest BCUT2D eigenvalue weighted by Crippen LogP contribution is -2.31. The quantitative estimate of drug-likeness (QED) is 0.666. The summed E-state index contributed by atoms with van der Waals surface area (Å²) in [5, 5.41) is 4.63. The van der Waals surface area contributed by atoms with Gasteiger partial charge < -0.3 is 4.90 Å². The molecule has 5 nitrogen and oxygen atoms in total. The summed E-state index contributed by atoms with van der Waals surface area (Å²) in [7, 11) is 0. The summed E-state index contributed by atoms with van der Waals surface area (Å²) in [6.45, 7) is 7.66. The standard InChI is InChI=1S/C20H24N4O/c1-3-22(4-2)15-16-23-19(17-11-7-5-8-12-17)21-24(20(23)25)18-13-9-6-10-14-18/h5-14H,3-4,15-16H2,1-2H3. The molecule has 0 saturated carbocycles. The molecule has 0 aliphatic rings. The average Bonchev–Trinajstić information content (AvgIpc) is 3.00. The topological polar surface area (TPSA) is 43.1 Å². The van der Waals surface area contributed by atoms with Crippen LogP contribution in [0, 0.1) is 0 Å². The molecule has 0 amide bonds. The number of hydrogen-bond donors (Lipinski definition) is 0. The Kier molecular flexibility index (Phi) is 5.46. The first-order valence-corrected chi connectivity index (χ1v) is 8.77. The lowest BCUT2D eigenvalue weighted by atomic mass is 10.2. The van der Waals surface area contributed by atoms with Crippen LogP contribution in [0.4, 0.5) is 0 Å². The van der Waals surface area contributed by atoms with Gasteiger partial charge in [0.25, 0.3) is 0 Å². The minimum atomic E-state index is -0.0998. The van der Waals surface area contributed by atoms with Gasteiger partial charge in [0.05, 0.1) is 5.69 Å². The Balaban J connectivity index is 2.05. The molecule has 0 bridgehead atoms. The van der Waals surface area contributed by atoms with Crippen molar-refractivity contribution in [1.82, 2.24) is 19.2 Å². The zero-order chi connectivity index (χ0) is 17.6. The number of benzene rings is 2. The van der Waals surface area contributed by atoms with E-state index in [0.717, 1.165) is 30.9 Å². The summed E-state index contributed by atoms with van der Waals surface area (Å²) < 4.78 is 3.27. The molecular formula is C20H24N4O. The lowest BCUT2D eigenvalue weighted by Gasteiger charge is -2.18. The highest BCUT2D eigenvalue weighted by molar-refractivity contribution is 5.55. The molecule has 1 aromatic heterocycles. The van der Waals surface area contributed by atoms with E-state index in [4.69, 9.17) is 0 Å². The van der Waals surface area contributed by atoms with Gasteiger partial charge in [0.15, 0.2) is 5.82 Å². The number of aromatic nitrogens is 3. The van der Waals surface area contributed by atoms with Gasteiger partial charge in [0, 0.05) is 18.7 Å². The third-order valence-corrected chi connectivity index (χ3v) is 4.43. The molecule has 0 aliphatic carbocycles. The van der Waals surface area contributed by atoms with E-state index in [2.05, 4.69) is 23.8 Å². The number of nitrogens with zero attached hydrogens (tertiary/aromatic N) is 4. The second-order valence-electron chi connectivity index (χ2n) is 5.90. The normalized spacial score (nSPS) is 11.2.